The van der Waals surface area contributed by atoms with Crippen LogP contribution < -0.4 is 14.8 Å². The molecule has 2 aromatic rings. The molecule has 2 rings (SSSR count). The zero-order chi connectivity index (χ0) is 30.5. The lowest BCUT2D eigenvalue weighted by atomic mass is 10.1. The number of anilines is 1. The van der Waals surface area contributed by atoms with Crippen LogP contribution in [0.3, 0.4) is 0 Å². The van der Waals surface area contributed by atoms with E-state index in [2.05, 4.69) is 14.8 Å². The van der Waals surface area contributed by atoms with Crippen LogP contribution in [0.1, 0.15) is 18.9 Å². The number of nitrogens with one attached hydrogen (secondary N) is 1. The number of aliphatic carboxylic acids is 1. The number of halogens is 6. The number of carboxylic acid groups (broad SMARTS) is 1. The number of ether oxygens (including phenoxy) is 4. The minimum absolute atomic E-state index is 0.00344. The van der Waals surface area contributed by atoms with E-state index in [9.17, 15) is 41.0 Å². The topological polar surface area (TPSA) is 107 Å². The van der Waals surface area contributed by atoms with Gasteiger partial charge in [0.05, 0.1) is 12.2 Å². The quantitative estimate of drug-likeness (QED) is 0.195. The second-order valence-electron chi connectivity index (χ2n) is 8.46. The van der Waals surface area contributed by atoms with Gasteiger partial charge in [0.1, 0.15) is 19.0 Å². The molecule has 0 saturated carbocycles. The lowest BCUT2D eigenvalue weighted by Crippen LogP contribution is -2.39. The van der Waals surface area contributed by atoms with Gasteiger partial charge in [-0.25, -0.2) is 9.59 Å². The molecule has 0 aliphatic rings. The van der Waals surface area contributed by atoms with Crippen LogP contribution in [-0.2, 0) is 20.7 Å². The van der Waals surface area contributed by atoms with Gasteiger partial charge in [0, 0.05) is 26.2 Å². The summed E-state index contributed by atoms with van der Waals surface area (Å²) in [4.78, 5) is 25.3. The highest BCUT2D eigenvalue weighted by atomic mass is 19.4. The fourth-order valence-corrected chi connectivity index (χ4v) is 3.47. The van der Waals surface area contributed by atoms with Gasteiger partial charge in [0.25, 0.3) is 0 Å². The Labute approximate surface area is 231 Å². The number of carbonyl (C=O) groups excluding carboxylic acids is 1. The summed E-state index contributed by atoms with van der Waals surface area (Å²) < 4.78 is 94.5. The fraction of sp³-hybridized carbons (Fsp3) is 0.462. The van der Waals surface area contributed by atoms with Crippen molar-refractivity contribution in [3.8, 4) is 11.5 Å². The molecule has 0 spiro atoms. The van der Waals surface area contributed by atoms with E-state index in [0.29, 0.717) is 11.3 Å². The standard InChI is InChI=1S/C26H30F6N2O7/c1-2-39-22(23(35)36)16-18-8-10-19(11-9-18)40-15-13-34(12-5-14-38-17-25(27,28)29)24(37)33-20-6-3-4-7-21(20)41-26(30,31)32/h3-4,6-11,22H,2,5,12-17H2,1H3,(H,33,37)(H,35,36). The number of rotatable bonds is 16. The SMILES string of the molecule is CCOC(Cc1ccc(OCCN(CCCOCC(F)(F)F)C(=O)Nc2ccccc2OC(F)(F)F)cc1)C(=O)O. The highest BCUT2D eigenvalue weighted by molar-refractivity contribution is 5.91. The Hall–Kier alpha value is -3.72. The molecule has 1 atom stereocenters. The minimum atomic E-state index is -5.00. The Morgan fingerprint density at radius 1 is 0.976 bits per heavy atom. The molecule has 2 amide bonds. The van der Waals surface area contributed by atoms with E-state index in [0.717, 1.165) is 11.0 Å². The highest BCUT2D eigenvalue weighted by Gasteiger charge is 2.32. The smallest absolute Gasteiger partial charge is 0.492 e. The second-order valence-corrected chi connectivity index (χ2v) is 8.46. The van der Waals surface area contributed by atoms with Crippen LogP contribution in [0.25, 0.3) is 0 Å². The number of hydrogen-bond acceptors (Lipinski definition) is 6. The molecule has 0 radical (unpaired) electrons. The van der Waals surface area contributed by atoms with Crippen molar-refractivity contribution in [2.24, 2.45) is 0 Å². The van der Waals surface area contributed by atoms with E-state index in [4.69, 9.17) is 9.47 Å². The minimum Gasteiger partial charge on any atom is -0.492 e. The van der Waals surface area contributed by atoms with Gasteiger partial charge >= 0.3 is 24.5 Å². The molecule has 9 nitrogen and oxygen atoms in total. The lowest BCUT2D eigenvalue weighted by Gasteiger charge is -2.24. The fourth-order valence-electron chi connectivity index (χ4n) is 3.47. The average Bonchev–Trinajstić information content (AvgIpc) is 2.87. The predicted molar refractivity (Wildman–Crippen MR) is 134 cm³/mol. The first-order chi connectivity index (χ1) is 19.3. The molecule has 0 fully saturated rings. The van der Waals surface area contributed by atoms with Crippen molar-refractivity contribution >= 4 is 17.7 Å². The van der Waals surface area contributed by atoms with Gasteiger partial charge in [-0.15, -0.1) is 13.2 Å². The Kier molecular flexibility index (Phi) is 13.0. The van der Waals surface area contributed by atoms with Crippen molar-refractivity contribution in [2.45, 2.75) is 38.4 Å². The zero-order valence-electron chi connectivity index (χ0n) is 22.0. The molecule has 228 valence electrons. The highest BCUT2D eigenvalue weighted by Crippen LogP contribution is 2.30. The molecule has 0 heterocycles. The summed E-state index contributed by atoms with van der Waals surface area (Å²) in [5.74, 6) is -1.36. The van der Waals surface area contributed by atoms with E-state index >= 15 is 0 Å². The van der Waals surface area contributed by atoms with Gasteiger partial charge in [-0.2, -0.15) is 13.2 Å². The van der Waals surface area contributed by atoms with Crippen LogP contribution in [0.4, 0.5) is 36.8 Å². The van der Waals surface area contributed by atoms with Crippen molar-refractivity contribution < 1.29 is 60.0 Å². The Morgan fingerprint density at radius 3 is 2.27 bits per heavy atom. The van der Waals surface area contributed by atoms with E-state index < -0.39 is 43.0 Å². The number of nitrogens with zero attached hydrogens (tertiary/aromatic N) is 1. The molecule has 2 N–H and O–H groups in total. The number of hydrogen-bond donors (Lipinski definition) is 2. The maximum absolute atomic E-state index is 12.9. The second kappa shape index (κ2) is 15.9. The predicted octanol–water partition coefficient (Wildman–Crippen LogP) is 5.50. The first kappa shape index (κ1) is 33.5. The number of carboxylic acids is 1. The van der Waals surface area contributed by atoms with Gasteiger partial charge in [-0.1, -0.05) is 24.3 Å². The van der Waals surface area contributed by atoms with Crippen molar-refractivity contribution in [3.63, 3.8) is 0 Å². The number of amides is 2. The molecule has 2 aromatic carbocycles. The molecule has 15 heteroatoms. The first-order valence-corrected chi connectivity index (χ1v) is 12.4. The Balaban J connectivity index is 2.01. The molecule has 0 saturated heterocycles. The largest absolute Gasteiger partial charge is 0.573 e. The van der Waals surface area contributed by atoms with Gasteiger partial charge in [-0.05, 0) is 43.2 Å². The van der Waals surface area contributed by atoms with Crippen LogP contribution in [0.15, 0.2) is 48.5 Å². The van der Waals surface area contributed by atoms with Gasteiger partial charge in [0.15, 0.2) is 11.9 Å². The Bertz CT molecular complexity index is 1100. The molecule has 0 aliphatic heterocycles. The first-order valence-electron chi connectivity index (χ1n) is 12.4. The van der Waals surface area contributed by atoms with Crippen molar-refractivity contribution in [1.29, 1.82) is 0 Å². The number of para-hydroxylation sites is 2. The van der Waals surface area contributed by atoms with Gasteiger partial charge in [0.2, 0.25) is 0 Å². The number of alkyl halides is 6. The van der Waals surface area contributed by atoms with Gasteiger partial charge < -0.3 is 34.3 Å². The van der Waals surface area contributed by atoms with E-state index in [1.54, 1.807) is 31.2 Å². The number of benzene rings is 2. The van der Waals surface area contributed by atoms with Crippen LogP contribution in [0.2, 0.25) is 0 Å². The van der Waals surface area contributed by atoms with Crippen LogP contribution >= 0.6 is 0 Å². The maximum atomic E-state index is 12.9. The molecule has 0 aromatic heterocycles. The van der Waals surface area contributed by atoms with E-state index in [1.807, 2.05) is 0 Å². The molecular weight excluding hydrogens is 566 g/mol. The third-order valence-electron chi connectivity index (χ3n) is 5.24. The third kappa shape index (κ3) is 13.5. The third-order valence-corrected chi connectivity index (χ3v) is 5.24. The summed E-state index contributed by atoms with van der Waals surface area (Å²) in [5.41, 5.74) is 0.411. The molecule has 0 aliphatic carbocycles. The van der Waals surface area contributed by atoms with Crippen LogP contribution in [0, 0.1) is 0 Å². The zero-order valence-corrected chi connectivity index (χ0v) is 22.0. The maximum Gasteiger partial charge on any atom is 0.573 e. The monoisotopic (exact) mass is 596 g/mol. The van der Waals surface area contributed by atoms with Crippen LogP contribution in [0.5, 0.6) is 11.5 Å². The average molecular weight is 597 g/mol. The number of carbonyl (C=O) groups is 2. The van der Waals surface area contributed by atoms with Crippen molar-refractivity contribution in [3.05, 3.63) is 54.1 Å². The molecule has 0 bridgehead atoms. The van der Waals surface area contributed by atoms with Crippen molar-refractivity contribution in [1.82, 2.24) is 4.90 Å². The van der Waals surface area contributed by atoms with Crippen LogP contribution in [-0.4, -0.2) is 80.2 Å². The lowest BCUT2D eigenvalue weighted by molar-refractivity contribution is -0.274. The summed E-state index contributed by atoms with van der Waals surface area (Å²) in [6.07, 6.45) is -10.4. The summed E-state index contributed by atoms with van der Waals surface area (Å²) in [6.45, 7) is -0.119. The normalized spacial score (nSPS) is 12.5. The summed E-state index contributed by atoms with van der Waals surface area (Å²) in [7, 11) is 0. The molecular formula is C26H30F6N2O7. The summed E-state index contributed by atoms with van der Waals surface area (Å²) in [5, 5.41) is 11.5. The van der Waals surface area contributed by atoms with Crippen molar-refractivity contribution in [2.75, 3.05) is 44.8 Å². The van der Waals surface area contributed by atoms with E-state index in [1.165, 1.54) is 18.2 Å². The van der Waals surface area contributed by atoms with E-state index in [-0.39, 0.29) is 51.4 Å². The molecule has 1 unspecified atom stereocenters. The number of urea groups is 1. The summed E-state index contributed by atoms with van der Waals surface area (Å²) in [6, 6.07) is 10.5. The Morgan fingerprint density at radius 2 is 1.66 bits per heavy atom. The van der Waals surface area contributed by atoms with Gasteiger partial charge in [-0.3, -0.25) is 0 Å². The summed E-state index contributed by atoms with van der Waals surface area (Å²) >= 11 is 0. The molecule has 41 heavy (non-hydrogen) atoms.